The van der Waals surface area contributed by atoms with E-state index in [0.29, 0.717) is 43.2 Å². The highest BCUT2D eigenvalue weighted by Gasteiger charge is 2.26. The summed E-state index contributed by atoms with van der Waals surface area (Å²) in [7, 11) is 3.81. The Morgan fingerprint density at radius 2 is 2.00 bits per heavy atom. The van der Waals surface area contributed by atoms with E-state index in [-0.39, 0.29) is 18.1 Å². The van der Waals surface area contributed by atoms with Crippen molar-refractivity contribution >= 4 is 18.4 Å². The van der Waals surface area contributed by atoms with Gasteiger partial charge in [-0.25, -0.2) is 15.0 Å². The molecule has 2 unspecified atom stereocenters. The molecule has 0 saturated carbocycles. The van der Waals surface area contributed by atoms with Crippen molar-refractivity contribution in [2.75, 3.05) is 27.2 Å². The second kappa shape index (κ2) is 12.9. The fourth-order valence-corrected chi connectivity index (χ4v) is 3.84. The molecular weight excluding hydrogens is 456 g/mol. The number of hydrazone groups is 1. The molecule has 3 N–H and O–H groups in total. The molecule has 1 aliphatic heterocycles. The Bertz CT molecular complexity index is 1070. The molecule has 0 aliphatic carbocycles. The summed E-state index contributed by atoms with van der Waals surface area (Å²) in [5.41, 5.74) is 9.14. The summed E-state index contributed by atoms with van der Waals surface area (Å²) in [6, 6.07) is 8.14. The predicted molar refractivity (Wildman–Crippen MR) is 140 cm³/mol. The van der Waals surface area contributed by atoms with Gasteiger partial charge in [0.25, 0.3) is 5.91 Å². The molecular formula is C26H36N8O2. The van der Waals surface area contributed by atoms with Crippen molar-refractivity contribution in [1.29, 1.82) is 0 Å². The highest BCUT2D eigenvalue weighted by Crippen LogP contribution is 2.15. The molecule has 1 aromatic heterocycles. The van der Waals surface area contributed by atoms with Crippen LogP contribution in [0.15, 0.2) is 54.0 Å². The van der Waals surface area contributed by atoms with E-state index in [4.69, 9.17) is 5.73 Å². The molecule has 1 aromatic carbocycles. The van der Waals surface area contributed by atoms with Gasteiger partial charge in [0.1, 0.15) is 18.2 Å². The standard InChI is InChI=1S/C26H36N8O2/c1-19(2)14-30-26(36)22-15-28-25(29-16-22)13-21-8-5-7-20(11-21)12-24(27)33(4)34(9-6-10-35)23-17-31-32(3)18-23/h5-11,15-17,19,23-24H,12-14,18,27H2,1-4H3,(H,30,36). The molecule has 10 nitrogen and oxygen atoms in total. The minimum Gasteiger partial charge on any atom is -0.352 e. The van der Waals surface area contributed by atoms with Gasteiger partial charge in [-0.15, -0.1) is 0 Å². The Labute approximate surface area is 212 Å². The number of amides is 1. The van der Waals surface area contributed by atoms with Crippen LogP contribution in [0.2, 0.25) is 0 Å². The highest BCUT2D eigenvalue weighted by molar-refractivity contribution is 5.93. The summed E-state index contributed by atoms with van der Waals surface area (Å²) in [4.78, 5) is 31.9. The number of hydrazine groups is 1. The van der Waals surface area contributed by atoms with Gasteiger partial charge in [0.2, 0.25) is 0 Å². The molecule has 192 valence electrons. The first-order valence-electron chi connectivity index (χ1n) is 12.1. The first-order chi connectivity index (χ1) is 17.3. The zero-order chi connectivity index (χ0) is 26.1. The Kier molecular flexibility index (Phi) is 9.66. The number of carbonyl (C=O) groups is 2. The Morgan fingerprint density at radius 3 is 2.64 bits per heavy atom. The zero-order valence-electron chi connectivity index (χ0n) is 21.4. The number of nitrogens with zero attached hydrogens (tertiary/aromatic N) is 6. The molecule has 0 spiro atoms. The van der Waals surface area contributed by atoms with E-state index in [2.05, 4.69) is 26.5 Å². The van der Waals surface area contributed by atoms with Crippen molar-refractivity contribution in [3.8, 4) is 0 Å². The molecule has 2 aromatic rings. The fourth-order valence-electron chi connectivity index (χ4n) is 3.84. The molecule has 0 radical (unpaired) electrons. The summed E-state index contributed by atoms with van der Waals surface area (Å²) in [5.74, 6) is 0.857. The molecule has 0 bridgehead atoms. The molecule has 1 aliphatic rings. The van der Waals surface area contributed by atoms with Crippen molar-refractivity contribution in [2.45, 2.75) is 38.9 Å². The number of benzene rings is 1. The van der Waals surface area contributed by atoms with Crippen LogP contribution in [0, 0.1) is 5.92 Å². The molecule has 0 saturated heterocycles. The maximum Gasteiger partial charge on any atom is 0.254 e. The number of aldehydes is 1. The van der Waals surface area contributed by atoms with Crippen LogP contribution in [-0.2, 0) is 17.6 Å². The average Bonchev–Trinajstić information content (AvgIpc) is 3.29. The summed E-state index contributed by atoms with van der Waals surface area (Å²) in [6.07, 6.45) is 9.73. The predicted octanol–water partition coefficient (Wildman–Crippen LogP) is 1.44. The molecule has 1 amide bonds. The Balaban J connectivity index is 1.62. The van der Waals surface area contributed by atoms with E-state index in [1.807, 2.05) is 67.4 Å². The second-order valence-electron chi connectivity index (χ2n) is 9.36. The number of carbonyl (C=O) groups excluding carboxylic acids is 2. The number of likely N-dealkylation sites (N-methyl/N-ethyl adjacent to an activating group) is 2. The smallest absolute Gasteiger partial charge is 0.254 e. The third-order valence-electron chi connectivity index (χ3n) is 5.83. The minimum atomic E-state index is -0.323. The number of nitrogens with two attached hydrogens (primary N) is 1. The summed E-state index contributed by atoms with van der Waals surface area (Å²) < 4.78 is 0. The van der Waals surface area contributed by atoms with Crippen molar-refractivity contribution in [3.05, 3.63) is 71.4 Å². The van der Waals surface area contributed by atoms with Crippen LogP contribution in [-0.4, -0.2) is 82.8 Å². The monoisotopic (exact) mass is 492 g/mol. The number of hydrogen-bond acceptors (Lipinski definition) is 9. The van der Waals surface area contributed by atoms with Gasteiger partial charge in [0.15, 0.2) is 0 Å². The van der Waals surface area contributed by atoms with Crippen LogP contribution < -0.4 is 11.1 Å². The SMILES string of the molecule is CC(C)CNC(=O)c1cnc(Cc2cccc(CC(N)N(C)N(C=CC=O)C3C=NN(C)C3)c2)nc1. The minimum absolute atomic E-state index is 0.0128. The van der Waals surface area contributed by atoms with Gasteiger partial charge in [-0.2, -0.15) is 5.10 Å². The van der Waals surface area contributed by atoms with Crippen LogP contribution in [0.4, 0.5) is 0 Å². The van der Waals surface area contributed by atoms with Gasteiger partial charge in [-0.1, -0.05) is 38.1 Å². The van der Waals surface area contributed by atoms with Crippen LogP contribution in [0.25, 0.3) is 0 Å². The van der Waals surface area contributed by atoms with E-state index in [0.717, 1.165) is 17.4 Å². The van der Waals surface area contributed by atoms with Gasteiger partial charge in [0.05, 0.1) is 24.5 Å². The van der Waals surface area contributed by atoms with Crippen LogP contribution in [0.1, 0.15) is 41.2 Å². The largest absolute Gasteiger partial charge is 0.352 e. The van der Waals surface area contributed by atoms with Crippen molar-refractivity contribution in [3.63, 3.8) is 0 Å². The zero-order valence-corrected chi connectivity index (χ0v) is 21.4. The maximum atomic E-state index is 12.2. The summed E-state index contributed by atoms with van der Waals surface area (Å²) in [5, 5.41) is 12.9. The molecule has 10 heteroatoms. The topological polar surface area (TPSA) is 120 Å². The number of nitrogens with one attached hydrogen (secondary N) is 1. The molecule has 36 heavy (non-hydrogen) atoms. The Hall–Kier alpha value is -3.63. The maximum absolute atomic E-state index is 12.2. The first kappa shape index (κ1) is 27.0. The van der Waals surface area contributed by atoms with E-state index in [1.165, 1.54) is 6.08 Å². The lowest BCUT2D eigenvalue weighted by Gasteiger charge is -2.38. The van der Waals surface area contributed by atoms with E-state index in [1.54, 1.807) is 18.6 Å². The van der Waals surface area contributed by atoms with Gasteiger partial charge in [0, 0.05) is 52.1 Å². The third-order valence-corrected chi connectivity index (χ3v) is 5.83. The normalized spacial score (nSPS) is 16.2. The lowest BCUT2D eigenvalue weighted by molar-refractivity contribution is -0.104. The van der Waals surface area contributed by atoms with Crippen molar-refractivity contribution in [1.82, 2.24) is 30.3 Å². The lowest BCUT2D eigenvalue weighted by atomic mass is 10.0. The first-order valence-corrected chi connectivity index (χ1v) is 12.1. The van der Waals surface area contributed by atoms with Gasteiger partial charge < -0.3 is 16.1 Å². The lowest BCUT2D eigenvalue weighted by Crippen LogP contribution is -2.54. The van der Waals surface area contributed by atoms with E-state index < -0.39 is 0 Å². The van der Waals surface area contributed by atoms with Crippen LogP contribution in [0.3, 0.4) is 0 Å². The number of aromatic nitrogens is 2. The molecule has 2 atom stereocenters. The van der Waals surface area contributed by atoms with Gasteiger partial charge in [-0.05, 0) is 23.1 Å². The Morgan fingerprint density at radius 1 is 1.28 bits per heavy atom. The highest BCUT2D eigenvalue weighted by atomic mass is 16.1. The molecule has 2 heterocycles. The number of hydrogen-bond donors (Lipinski definition) is 2. The number of allylic oxidation sites excluding steroid dienone is 1. The van der Waals surface area contributed by atoms with Gasteiger partial charge >= 0.3 is 0 Å². The van der Waals surface area contributed by atoms with Crippen LogP contribution in [0.5, 0.6) is 0 Å². The third kappa shape index (κ3) is 7.69. The molecule has 0 fully saturated rings. The van der Waals surface area contributed by atoms with Gasteiger partial charge in [-0.3, -0.25) is 14.6 Å². The van der Waals surface area contributed by atoms with Crippen LogP contribution >= 0.6 is 0 Å². The quantitative estimate of drug-likeness (QED) is 0.198. The summed E-state index contributed by atoms with van der Waals surface area (Å²) >= 11 is 0. The van der Waals surface area contributed by atoms with E-state index in [9.17, 15) is 9.59 Å². The second-order valence-corrected chi connectivity index (χ2v) is 9.36. The van der Waals surface area contributed by atoms with Crippen molar-refractivity contribution in [2.24, 2.45) is 16.8 Å². The fraction of sp³-hybridized carbons (Fsp3) is 0.423. The van der Waals surface area contributed by atoms with Crippen molar-refractivity contribution < 1.29 is 9.59 Å². The summed E-state index contributed by atoms with van der Waals surface area (Å²) in [6.45, 7) is 5.40. The van der Waals surface area contributed by atoms with E-state index >= 15 is 0 Å². The molecule has 3 rings (SSSR count). The number of rotatable bonds is 12. The average molecular weight is 493 g/mol.